The van der Waals surface area contributed by atoms with Crippen molar-refractivity contribution in [3.63, 3.8) is 0 Å². The van der Waals surface area contributed by atoms with Gasteiger partial charge < -0.3 is 9.84 Å². The molecular formula is C14H14N2O3. The average Bonchev–Trinajstić information content (AvgIpc) is 2.86. The molecule has 1 N–H and O–H groups in total. The summed E-state index contributed by atoms with van der Waals surface area (Å²) in [6.45, 7) is 1.11. The molecular weight excluding hydrogens is 244 g/mol. The molecule has 0 unspecified atom stereocenters. The van der Waals surface area contributed by atoms with Crippen LogP contribution < -0.4 is 4.74 Å². The molecule has 2 rings (SSSR count). The first-order chi connectivity index (χ1) is 9.24. The van der Waals surface area contributed by atoms with Gasteiger partial charge in [-0.2, -0.15) is 5.10 Å². The van der Waals surface area contributed by atoms with Crippen LogP contribution in [0.15, 0.2) is 48.8 Å². The lowest BCUT2D eigenvalue weighted by Crippen LogP contribution is -2.08. The third-order valence-electron chi connectivity index (χ3n) is 2.40. The van der Waals surface area contributed by atoms with Gasteiger partial charge in [0.05, 0.1) is 12.7 Å². The number of aliphatic carboxylic acids is 1. The highest BCUT2D eigenvalue weighted by Gasteiger charge is 1.97. The van der Waals surface area contributed by atoms with E-state index in [-0.39, 0.29) is 0 Å². The maximum atomic E-state index is 10.4. The molecule has 19 heavy (non-hydrogen) atoms. The summed E-state index contributed by atoms with van der Waals surface area (Å²) >= 11 is 0. The summed E-state index contributed by atoms with van der Waals surface area (Å²) < 4.78 is 7.26. The summed E-state index contributed by atoms with van der Waals surface area (Å²) in [6.07, 6.45) is 5.97. The van der Waals surface area contributed by atoms with E-state index in [0.717, 1.165) is 17.4 Å². The summed E-state index contributed by atoms with van der Waals surface area (Å²) in [4.78, 5) is 10.4. The Hall–Kier alpha value is -2.56. The number of rotatable bonds is 6. The number of benzene rings is 1. The van der Waals surface area contributed by atoms with Crippen LogP contribution in [0.4, 0.5) is 0 Å². The van der Waals surface area contributed by atoms with Gasteiger partial charge in [0.15, 0.2) is 0 Å². The first-order valence-electron chi connectivity index (χ1n) is 5.85. The van der Waals surface area contributed by atoms with E-state index < -0.39 is 5.97 Å². The molecule has 0 bridgehead atoms. The normalized spacial score (nSPS) is 10.7. The molecule has 0 spiro atoms. The number of carboxylic acid groups (broad SMARTS) is 1. The number of carbonyl (C=O) groups is 1. The van der Waals surface area contributed by atoms with Crippen molar-refractivity contribution < 1.29 is 14.6 Å². The SMILES string of the molecule is O=C(O)/C=C/c1cnn(CCOc2ccccc2)c1. The lowest BCUT2D eigenvalue weighted by molar-refractivity contribution is -0.131. The average molecular weight is 258 g/mol. The molecule has 1 aromatic heterocycles. The molecule has 0 atom stereocenters. The second kappa shape index (κ2) is 6.39. The van der Waals surface area contributed by atoms with Crippen molar-refractivity contribution in [3.05, 3.63) is 54.4 Å². The fourth-order valence-electron chi connectivity index (χ4n) is 1.53. The first kappa shape index (κ1) is 12.9. The largest absolute Gasteiger partial charge is 0.492 e. The molecule has 0 fully saturated rings. The highest BCUT2D eigenvalue weighted by molar-refractivity contribution is 5.85. The number of hydrogen-bond acceptors (Lipinski definition) is 3. The van der Waals surface area contributed by atoms with E-state index in [1.165, 1.54) is 6.08 Å². The molecule has 1 heterocycles. The molecule has 0 saturated heterocycles. The van der Waals surface area contributed by atoms with E-state index in [9.17, 15) is 4.79 Å². The Kier molecular flexibility index (Phi) is 4.34. The highest BCUT2D eigenvalue weighted by atomic mass is 16.5. The maximum Gasteiger partial charge on any atom is 0.328 e. The van der Waals surface area contributed by atoms with Crippen molar-refractivity contribution in [3.8, 4) is 5.75 Å². The molecule has 0 amide bonds. The topological polar surface area (TPSA) is 64.3 Å². The molecule has 2 aromatic rings. The summed E-state index contributed by atoms with van der Waals surface area (Å²) in [5.74, 6) is -0.152. The zero-order chi connectivity index (χ0) is 13.5. The summed E-state index contributed by atoms with van der Waals surface area (Å²) in [5, 5.41) is 12.6. The molecule has 0 aliphatic heterocycles. The molecule has 5 nitrogen and oxygen atoms in total. The number of para-hydroxylation sites is 1. The minimum atomic E-state index is -0.972. The molecule has 0 aliphatic carbocycles. The van der Waals surface area contributed by atoms with E-state index in [1.807, 2.05) is 30.3 Å². The van der Waals surface area contributed by atoms with Crippen molar-refractivity contribution in [2.45, 2.75) is 6.54 Å². The van der Waals surface area contributed by atoms with Gasteiger partial charge in [-0.15, -0.1) is 0 Å². The molecule has 1 aromatic carbocycles. The van der Waals surface area contributed by atoms with Gasteiger partial charge in [-0.05, 0) is 18.2 Å². The van der Waals surface area contributed by atoms with Crippen molar-refractivity contribution in [2.75, 3.05) is 6.61 Å². The Morgan fingerprint density at radius 1 is 1.37 bits per heavy atom. The predicted molar refractivity (Wildman–Crippen MR) is 70.8 cm³/mol. The second-order valence-corrected chi connectivity index (χ2v) is 3.87. The summed E-state index contributed by atoms with van der Waals surface area (Å²) in [6, 6.07) is 9.55. The van der Waals surface area contributed by atoms with Gasteiger partial charge >= 0.3 is 5.97 Å². The van der Waals surface area contributed by atoms with Crippen LogP contribution in [0.1, 0.15) is 5.56 Å². The van der Waals surface area contributed by atoms with E-state index in [1.54, 1.807) is 17.1 Å². The quantitative estimate of drug-likeness (QED) is 0.805. The zero-order valence-corrected chi connectivity index (χ0v) is 10.3. The van der Waals surface area contributed by atoms with Crippen LogP contribution in [0.25, 0.3) is 6.08 Å². The Labute approximate surface area is 110 Å². The number of aromatic nitrogens is 2. The van der Waals surface area contributed by atoms with Crippen molar-refractivity contribution in [1.29, 1.82) is 0 Å². The van der Waals surface area contributed by atoms with E-state index in [4.69, 9.17) is 9.84 Å². The van der Waals surface area contributed by atoms with Crippen molar-refractivity contribution in [1.82, 2.24) is 9.78 Å². The van der Waals surface area contributed by atoms with Gasteiger partial charge in [-0.25, -0.2) is 4.79 Å². The Balaban J connectivity index is 1.82. The number of hydrogen-bond donors (Lipinski definition) is 1. The fraction of sp³-hybridized carbons (Fsp3) is 0.143. The lowest BCUT2D eigenvalue weighted by Gasteiger charge is -2.05. The minimum absolute atomic E-state index is 0.508. The van der Waals surface area contributed by atoms with Gasteiger partial charge in [0.1, 0.15) is 12.4 Å². The van der Waals surface area contributed by atoms with E-state index in [0.29, 0.717) is 13.2 Å². The molecule has 98 valence electrons. The number of nitrogens with zero attached hydrogens (tertiary/aromatic N) is 2. The minimum Gasteiger partial charge on any atom is -0.492 e. The van der Waals surface area contributed by atoms with Crippen molar-refractivity contribution >= 4 is 12.0 Å². The van der Waals surface area contributed by atoms with Crippen LogP contribution >= 0.6 is 0 Å². The molecule has 0 saturated carbocycles. The summed E-state index contributed by atoms with van der Waals surface area (Å²) in [7, 11) is 0. The molecule has 0 aliphatic rings. The zero-order valence-electron chi connectivity index (χ0n) is 10.3. The highest BCUT2D eigenvalue weighted by Crippen LogP contribution is 2.08. The van der Waals surface area contributed by atoms with E-state index in [2.05, 4.69) is 5.10 Å². The van der Waals surface area contributed by atoms with Crippen LogP contribution in [0.2, 0.25) is 0 Å². The van der Waals surface area contributed by atoms with Crippen LogP contribution in [0.3, 0.4) is 0 Å². The van der Waals surface area contributed by atoms with Gasteiger partial charge in [-0.1, -0.05) is 18.2 Å². The van der Waals surface area contributed by atoms with Crippen molar-refractivity contribution in [2.24, 2.45) is 0 Å². The standard InChI is InChI=1S/C14H14N2O3/c17-14(18)7-6-12-10-15-16(11-12)8-9-19-13-4-2-1-3-5-13/h1-7,10-11H,8-9H2,(H,17,18)/b7-6+. The smallest absolute Gasteiger partial charge is 0.328 e. The predicted octanol–water partition coefficient (Wildman–Crippen LogP) is 2.06. The third kappa shape index (κ3) is 4.31. The van der Waals surface area contributed by atoms with Gasteiger partial charge in [0.25, 0.3) is 0 Å². The van der Waals surface area contributed by atoms with Crippen LogP contribution in [0, 0.1) is 0 Å². The van der Waals surface area contributed by atoms with Crippen LogP contribution in [-0.4, -0.2) is 27.5 Å². The monoisotopic (exact) mass is 258 g/mol. The van der Waals surface area contributed by atoms with Crippen LogP contribution in [0.5, 0.6) is 5.75 Å². The third-order valence-corrected chi connectivity index (χ3v) is 2.40. The summed E-state index contributed by atoms with van der Waals surface area (Å²) in [5.41, 5.74) is 0.752. The first-order valence-corrected chi connectivity index (χ1v) is 5.85. The maximum absolute atomic E-state index is 10.4. The second-order valence-electron chi connectivity index (χ2n) is 3.87. The number of ether oxygens (including phenoxy) is 1. The Morgan fingerprint density at radius 2 is 2.16 bits per heavy atom. The van der Waals surface area contributed by atoms with Gasteiger partial charge in [0, 0.05) is 17.8 Å². The van der Waals surface area contributed by atoms with Crippen LogP contribution in [-0.2, 0) is 11.3 Å². The Morgan fingerprint density at radius 3 is 2.89 bits per heavy atom. The molecule has 5 heteroatoms. The fourth-order valence-corrected chi connectivity index (χ4v) is 1.53. The molecule has 0 radical (unpaired) electrons. The lowest BCUT2D eigenvalue weighted by atomic mass is 10.3. The Bertz CT molecular complexity index is 561. The number of carboxylic acids is 1. The van der Waals surface area contributed by atoms with Gasteiger partial charge in [0.2, 0.25) is 0 Å². The van der Waals surface area contributed by atoms with E-state index >= 15 is 0 Å². The van der Waals surface area contributed by atoms with Gasteiger partial charge in [-0.3, -0.25) is 4.68 Å².